The summed E-state index contributed by atoms with van der Waals surface area (Å²) in [5.41, 5.74) is 2.02. The van der Waals surface area contributed by atoms with E-state index in [2.05, 4.69) is 15.6 Å². The van der Waals surface area contributed by atoms with Crippen molar-refractivity contribution in [3.63, 3.8) is 0 Å². The summed E-state index contributed by atoms with van der Waals surface area (Å²) in [6.07, 6.45) is 4.12. The van der Waals surface area contributed by atoms with Gasteiger partial charge >= 0.3 is 0 Å². The van der Waals surface area contributed by atoms with E-state index >= 15 is 0 Å². The molecule has 29 heavy (non-hydrogen) atoms. The number of hydrogen-bond acceptors (Lipinski definition) is 5. The lowest BCUT2D eigenvalue weighted by Crippen LogP contribution is -2.44. The molecule has 2 aliphatic heterocycles. The summed E-state index contributed by atoms with van der Waals surface area (Å²) in [5, 5.41) is 6.60. The zero-order chi connectivity index (χ0) is 20.2. The Bertz CT molecular complexity index is 915. The van der Waals surface area contributed by atoms with Crippen LogP contribution in [0.4, 0.5) is 11.5 Å². The number of rotatable bonds is 6. The van der Waals surface area contributed by atoms with Crippen molar-refractivity contribution in [2.24, 2.45) is 0 Å². The number of carbonyl (C=O) groups is 2. The summed E-state index contributed by atoms with van der Waals surface area (Å²) in [5.74, 6) is 0.323. The number of hydrogen-bond donors (Lipinski definition) is 2. The van der Waals surface area contributed by atoms with Gasteiger partial charge in [0, 0.05) is 24.4 Å². The van der Waals surface area contributed by atoms with Crippen molar-refractivity contribution in [1.29, 1.82) is 0 Å². The number of amides is 2. The molecule has 2 aromatic rings. The summed E-state index contributed by atoms with van der Waals surface area (Å²) >= 11 is 6.16. The predicted molar refractivity (Wildman–Crippen MR) is 112 cm³/mol. The Balaban J connectivity index is 1.44. The summed E-state index contributed by atoms with van der Waals surface area (Å²) in [6.45, 7) is 1.85. The Morgan fingerprint density at radius 1 is 1.38 bits per heavy atom. The Labute approximate surface area is 174 Å². The summed E-state index contributed by atoms with van der Waals surface area (Å²) < 4.78 is 5.68. The minimum Gasteiger partial charge on any atom is -0.376 e. The van der Waals surface area contributed by atoms with Gasteiger partial charge in [0.05, 0.1) is 30.4 Å². The largest absolute Gasteiger partial charge is 0.376 e. The summed E-state index contributed by atoms with van der Waals surface area (Å²) in [7, 11) is 0. The molecule has 2 aliphatic rings. The predicted octanol–water partition coefficient (Wildman–Crippen LogP) is 2.65. The van der Waals surface area contributed by atoms with Crippen molar-refractivity contribution in [2.45, 2.75) is 25.4 Å². The Morgan fingerprint density at radius 3 is 3.03 bits per heavy atom. The third kappa shape index (κ3) is 4.52. The number of halogens is 1. The van der Waals surface area contributed by atoms with Crippen LogP contribution in [0.2, 0.25) is 5.02 Å². The minimum atomic E-state index is -0.234. The van der Waals surface area contributed by atoms with Crippen molar-refractivity contribution in [3.05, 3.63) is 52.7 Å². The lowest BCUT2D eigenvalue weighted by molar-refractivity contribution is -0.117. The molecule has 0 radical (unpaired) electrons. The molecule has 1 saturated heterocycles. The zero-order valence-electron chi connectivity index (χ0n) is 16.0. The van der Waals surface area contributed by atoms with E-state index in [9.17, 15) is 9.59 Å². The number of benzene rings is 1. The van der Waals surface area contributed by atoms with Gasteiger partial charge in [0.2, 0.25) is 5.91 Å². The van der Waals surface area contributed by atoms with Crippen molar-refractivity contribution >= 4 is 34.9 Å². The van der Waals surface area contributed by atoms with Gasteiger partial charge in [-0.3, -0.25) is 9.59 Å². The number of nitrogens with zero attached hydrogens (tertiary/aromatic N) is 2. The van der Waals surface area contributed by atoms with Gasteiger partial charge < -0.3 is 20.3 Å². The van der Waals surface area contributed by atoms with E-state index in [-0.39, 0.29) is 24.5 Å². The summed E-state index contributed by atoms with van der Waals surface area (Å²) in [4.78, 5) is 31.1. The Hall–Kier alpha value is -2.64. The number of pyridine rings is 1. The van der Waals surface area contributed by atoms with Crippen LogP contribution < -0.4 is 15.5 Å². The molecule has 2 N–H and O–H groups in total. The van der Waals surface area contributed by atoms with Crippen LogP contribution in [0.5, 0.6) is 0 Å². The molecule has 1 fully saturated rings. The molecule has 3 heterocycles. The first-order valence-electron chi connectivity index (χ1n) is 9.79. The van der Waals surface area contributed by atoms with Gasteiger partial charge in [0.25, 0.3) is 5.91 Å². The van der Waals surface area contributed by atoms with Crippen LogP contribution in [-0.2, 0) is 16.0 Å². The first-order chi connectivity index (χ1) is 14.1. The zero-order valence-corrected chi connectivity index (χ0v) is 16.7. The molecule has 1 aromatic carbocycles. The van der Waals surface area contributed by atoms with Gasteiger partial charge in [-0.25, -0.2) is 4.98 Å². The first kappa shape index (κ1) is 19.7. The molecule has 8 heteroatoms. The maximum Gasteiger partial charge on any atom is 0.252 e. The second-order valence-electron chi connectivity index (χ2n) is 7.18. The van der Waals surface area contributed by atoms with E-state index < -0.39 is 0 Å². The smallest absolute Gasteiger partial charge is 0.252 e. The average Bonchev–Trinajstić information content (AvgIpc) is 3.24. The van der Waals surface area contributed by atoms with Crippen molar-refractivity contribution in [2.75, 3.05) is 36.5 Å². The SMILES string of the molecule is O=C(NCCc1ccccc1Cl)c1cnc2c(c1)N(CC1CCCO1)C(=O)CN2. The molecule has 152 valence electrons. The lowest BCUT2D eigenvalue weighted by Gasteiger charge is -2.31. The molecule has 0 bridgehead atoms. The topological polar surface area (TPSA) is 83.6 Å². The minimum absolute atomic E-state index is 0.0259. The van der Waals surface area contributed by atoms with E-state index in [1.807, 2.05) is 24.3 Å². The van der Waals surface area contributed by atoms with Crippen LogP contribution in [0.25, 0.3) is 0 Å². The number of aromatic nitrogens is 1. The van der Waals surface area contributed by atoms with Crippen LogP contribution >= 0.6 is 11.6 Å². The van der Waals surface area contributed by atoms with Crippen LogP contribution in [0.1, 0.15) is 28.8 Å². The Morgan fingerprint density at radius 2 is 2.24 bits per heavy atom. The molecule has 1 aromatic heterocycles. The van der Waals surface area contributed by atoms with E-state index in [1.54, 1.807) is 11.0 Å². The van der Waals surface area contributed by atoms with Gasteiger partial charge in [-0.15, -0.1) is 0 Å². The van der Waals surface area contributed by atoms with Crippen molar-refractivity contribution in [1.82, 2.24) is 10.3 Å². The maximum atomic E-state index is 12.6. The van der Waals surface area contributed by atoms with Gasteiger partial charge in [0.15, 0.2) is 0 Å². The second kappa shape index (κ2) is 8.80. The normalized spacial score (nSPS) is 18.3. The molecule has 0 spiro atoms. The summed E-state index contributed by atoms with van der Waals surface area (Å²) in [6, 6.07) is 9.28. The highest BCUT2D eigenvalue weighted by Gasteiger charge is 2.29. The van der Waals surface area contributed by atoms with Crippen molar-refractivity contribution < 1.29 is 14.3 Å². The molecular formula is C21H23ClN4O3. The molecule has 0 aliphatic carbocycles. The number of fused-ring (bicyclic) bond motifs is 1. The van der Waals surface area contributed by atoms with Gasteiger partial charge in [-0.2, -0.15) is 0 Å². The van der Waals surface area contributed by atoms with E-state index in [1.165, 1.54) is 6.20 Å². The molecule has 2 amide bonds. The monoisotopic (exact) mass is 414 g/mol. The first-order valence-corrected chi connectivity index (χ1v) is 10.2. The van der Waals surface area contributed by atoms with Gasteiger partial charge in [0.1, 0.15) is 5.82 Å². The fourth-order valence-electron chi connectivity index (χ4n) is 3.61. The van der Waals surface area contributed by atoms with E-state index in [4.69, 9.17) is 16.3 Å². The third-order valence-corrected chi connectivity index (χ3v) is 5.55. The maximum absolute atomic E-state index is 12.6. The number of ether oxygens (including phenoxy) is 1. The third-order valence-electron chi connectivity index (χ3n) is 5.18. The lowest BCUT2D eigenvalue weighted by atomic mass is 10.1. The van der Waals surface area contributed by atoms with E-state index in [0.29, 0.717) is 41.6 Å². The fourth-order valence-corrected chi connectivity index (χ4v) is 3.84. The van der Waals surface area contributed by atoms with Crippen LogP contribution in [0, 0.1) is 0 Å². The standard InChI is InChI=1S/C21H23ClN4O3/c22-17-6-2-1-4-14(17)7-8-23-21(28)15-10-18-20(24-11-15)25-12-19(27)26(18)13-16-5-3-9-29-16/h1-2,4,6,10-11,16H,3,5,7-9,12-13H2,(H,23,28)(H,24,25). The quantitative estimate of drug-likeness (QED) is 0.759. The molecule has 1 unspecified atom stereocenters. The fraction of sp³-hybridized carbons (Fsp3) is 0.381. The molecule has 4 rings (SSSR count). The number of carbonyl (C=O) groups excluding carboxylic acids is 2. The van der Waals surface area contributed by atoms with Crippen molar-refractivity contribution in [3.8, 4) is 0 Å². The van der Waals surface area contributed by atoms with Gasteiger partial charge in [-0.1, -0.05) is 29.8 Å². The molecular weight excluding hydrogens is 392 g/mol. The number of anilines is 2. The highest BCUT2D eigenvalue weighted by Crippen LogP contribution is 2.30. The number of nitrogens with one attached hydrogen (secondary N) is 2. The van der Waals surface area contributed by atoms with Crippen LogP contribution in [0.3, 0.4) is 0 Å². The van der Waals surface area contributed by atoms with Crippen LogP contribution in [0.15, 0.2) is 36.5 Å². The Kier molecular flexibility index (Phi) is 5.97. The highest BCUT2D eigenvalue weighted by molar-refractivity contribution is 6.31. The average molecular weight is 415 g/mol. The van der Waals surface area contributed by atoms with E-state index in [0.717, 1.165) is 25.0 Å². The molecule has 0 saturated carbocycles. The molecule has 7 nitrogen and oxygen atoms in total. The molecule has 1 atom stereocenters. The highest BCUT2D eigenvalue weighted by atomic mass is 35.5. The second-order valence-corrected chi connectivity index (χ2v) is 7.59. The van der Waals surface area contributed by atoms with Gasteiger partial charge in [-0.05, 0) is 37.0 Å². The van der Waals surface area contributed by atoms with Crippen LogP contribution in [-0.4, -0.2) is 49.1 Å².